The van der Waals surface area contributed by atoms with E-state index in [1.807, 2.05) is 0 Å². The molecule has 0 aliphatic rings. The van der Waals surface area contributed by atoms with Crippen molar-refractivity contribution in [2.75, 3.05) is 0 Å². The van der Waals surface area contributed by atoms with Crippen molar-refractivity contribution in [3.05, 3.63) is 35.3 Å². The monoisotopic (exact) mass is 239 g/mol. The van der Waals surface area contributed by atoms with Crippen LogP contribution < -0.4 is 0 Å². The number of phenolic OH excluding ortho intramolecular Hbond substituents is 1. The fraction of sp³-hybridized carbons (Fsp3) is 0. The Bertz CT molecular complexity index is 413. The van der Waals surface area contributed by atoms with Gasteiger partial charge in [-0.05, 0) is 34.1 Å². The number of rotatable bonds is 1. The summed E-state index contributed by atoms with van der Waals surface area (Å²) in [5.41, 5.74) is 0.843. The third kappa shape index (κ3) is 1.55. The van der Waals surface area contributed by atoms with Gasteiger partial charge in [0.1, 0.15) is 18.4 Å². The van der Waals surface area contributed by atoms with Gasteiger partial charge in [0.15, 0.2) is 0 Å². The van der Waals surface area contributed by atoms with Crippen molar-refractivity contribution < 1.29 is 5.11 Å². The number of hydrogen-bond donors (Lipinski definition) is 1. The molecule has 0 aliphatic heterocycles. The number of halogens is 1. The first-order valence-corrected chi connectivity index (χ1v) is 4.40. The highest BCUT2D eigenvalue weighted by atomic mass is 79.9. The topological polar surface area (TPSA) is 50.9 Å². The summed E-state index contributed by atoms with van der Waals surface area (Å²) in [7, 11) is 0. The maximum absolute atomic E-state index is 9.16. The molecule has 1 aromatic carbocycles. The van der Waals surface area contributed by atoms with Crippen molar-refractivity contribution in [1.29, 1.82) is 0 Å². The van der Waals surface area contributed by atoms with Crippen molar-refractivity contribution in [1.82, 2.24) is 14.8 Å². The summed E-state index contributed by atoms with van der Waals surface area (Å²) < 4.78 is 2.39. The van der Waals surface area contributed by atoms with Gasteiger partial charge in [0.05, 0.1) is 5.69 Å². The first-order chi connectivity index (χ1) is 6.27. The van der Waals surface area contributed by atoms with Crippen LogP contribution in [0.1, 0.15) is 0 Å². The minimum absolute atomic E-state index is 0.218. The second kappa shape index (κ2) is 3.18. The molecule has 0 fully saturated rings. The van der Waals surface area contributed by atoms with Gasteiger partial charge in [-0.3, -0.25) is 0 Å². The molecule has 0 unspecified atom stereocenters. The second-order valence-electron chi connectivity index (χ2n) is 2.48. The third-order valence-electron chi connectivity index (χ3n) is 1.60. The standard InChI is InChI=1S/C8H6BrN3O/c9-7-3-6(13)1-2-8(7)12-5-10-4-11-12/h1-5,13H. The van der Waals surface area contributed by atoms with Gasteiger partial charge in [-0.25, -0.2) is 9.67 Å². The first-order valence-electron chi connectivity index (χ1n) is 3.61. The number of benzene rings is 1. The van der Waals surface area contributed by atoms with Crippen molar-refractivity contribution >= 4 is 15.9 Å². The molecule has 1 heterocycles. The zero-order chi connectivity index (χ0) is 9.26. The van der Waals surface area contributed by atoms with Crippen LogP contribution in [0.15, 0.2) is 35.3 Å². The molecule has 0 radical (unpaired) electrons. The molecule has 1 aromatic heterocycles. The highest BCUT2D eigenvalue weighted by molar-refractivity contribution is 9.10. The molecule has 2 rings (SSSR count). The Hall–Kier alpha value is -1.36. The predicted octanol–water partition coefficient (Wildman–Crippen LogP) is 1.74. The van der Waals surface area contributed by atoms with E-state index in [1.54, 1.807) is 29.2 Å². The summed E-state index contributed by atoms with van der Waals surface area (Å²) in [6, 6.07) is 4.97. The summed E-state index contributed by atoms with van der Waals surface area (Å²) in [5, 5.41) is 13.1. The maximum atomic E-state index is 9.16. The molecule has 1 N–H and O–H groups in total. The van der Waals surface area contributed by atoms with Crippen LogP contribution >= 0.6 is 15.9 Å². The Labute approximate surface area is 83.0 Å². The average Bonchev–Trinajstić information content (AvgIpc) is 2.56. The zero-order valence-corrected chi connectivity index (χ0v) is 8.14. The van der Waals surface area contributed by atoms with Crippen molar-refractivity contribution in [3.63, 3.8) is 0 Å². The van der Waals surface area contributed by atoms with Gasteiger partial charge in [-0.2, -0.15) is 5.10 Å². The van der Waals surface area contributed by atoms with E-state index in [1.165, 1.54) is 6.33 Å². The van der Waals surface area contributed by atoms with Crippen LogP contribution in [0.5, 0.6) is 5.75 Å². The summed E-state index contributed by atoms with van der Waals surface area (Å²) in [6.45, 7) is 0. The molecule has 66 valence electrons. The van der Waals surface area contributed by atoms with Gasteiger partial charge < -0.3 is 5.11 Å². The molecular weight excluding hydrogens is 234 g/mol. The molecule has 5 heteroatoms. The van der Waals surface area contributed by atoms with Crippen LogP contribution in [0.4, 0.5) is 0 Å². The Kier molecular flexibility index (Phi) is 2.02. The van der Waals surface area contributed by atoms with E-state index in [0.717, 1.165) is 10.2 Å². The number of aromatic nitrogens is 3. The van der Waals surface area contributed by atoms with Gasteiger partial charge in [0, 0.05) is 4.47 Å². The lowest BCUT2D eigenvalue weighted by atomic mass is 10.3. The van der Waals surface area contributed by atoms with E-state index >= 15 is 0 Å². The predicted molar refractivity (Wildman–Crippen MR) is 50.7 cm³/mol. The quantitative estimate of drug-likeness (QED) is 0.825. The Morgan fingerprint density at radius 1 is 1.38 bits per heavy atom. The van der Waals surface area contributed by atoms with Crippen LogP contribution in [0.3, 0.4) is 0 Å². The molecule has 4 nitrogen and oxygen atoms in total. The van der Waals surface area contributed by atoms with E-state index in [9.17, 15) is 0 Å². The molecule has 0 saturated carbocycles. The van der Waals surface area contributed by atoms with Crippen molar-refractivity contribution in [2.45, 2.75) is 0 Å². The van der Waals surface area contributed by atoms with E-state index in [-0.39, 0.29) is 5.75 Å². The van der Waals surface area contributed by atoms with Gasteiger partial charge in [-0.1, -0.05) is 0 Å². The van der Waals surface area contributed by atoms with Gasteiger partial charge in [-0.15, -0.1) is 0 Å². The highest BCUT2D eigenvalue weighted by Crippen LogP contribution is 2.24. The lowest BCUT2D eigenvalue weighted by molar-refractivity contribution is 0.475. The Balaban J connectivity index is 2.53. The van der Waals surface area contributed by atoms with Crippen LogP contribution in [0.25, 0.3) is 5.69 Å². The summed E-state index contributed by atoms with van der Waals surface area (Å²) in [5.74, 6) is 0.218. The lowest BCUT2D eigenvalue weighted by Crippen LogP contribution is -1.94. The van der Waals surface area contributed by atoms with Crippen molar-refractivity contribution in [3.8, 4) is 11.4 Å². The minimum Gasteiger partial charge on any atom is -0.508 e. The third-order valence-corrected chi connectivity index (χ3v) is 2.23. The first kappa shape index (κ1) is 8.25. The number of hydrogen-bond acceptors (Lipinski definition) is 3. The molecule has 0 saturated heterocycles. The number of aromatic hydroxyl groups is 1. The normalized spacial score (nSPS) is 10.2. The fourth-order valence-electron chi connectivity index (χ4n) is 1.01. The molecule has 0 atom stereocenters. The molecule has 0 aliphatic carbocycles. The van der Waals surface area contributed by atoms with E-state index in [2.05, 4.69) is 26.0 Å². The smallest absolute Gasteiger partial charge is 0.138 e. The van der Waals surface area contributed by atoms with E-state index < -0.39 is 0 Å². The lowest BCUT2D eigenvalue weighted by Gasteiger charge is -2.03. The summed E-state index contributed by atoms with van der Waals surface area (Å²) in [4.78, 5) is 3.83. The van der Waals surface area contributed by atoms with Crippen LogP contribution in [0.2, 0.25) is 0 Å². The Morgan fingerprint density at radius 3 is 2.85 bits per heavy atom. The largest absolute Gasteiger partial charge is 0.508 e. The molecule has 2 aromatic rings. The zero-order valence-electron chi connectivity index (χ0n) is 6.55. The fourth-order valence-corrected chi connectivity index (χ4v) is 1.56. The SMILES string of the molecule is Oc1ccc(-n2cncn2)c(Br)c1. The van der Waals surface area contributed by atoms with E-state index in [0.29, 0.717) is 0 Å². The number of phenols is 1. The summed E-state index contributed by atoms with van der Waals surface area (Å²) in [6.07, 6.45) is 3.05. The minimum atomic E-state index is 0.218. The second-order valence-corrected chi connectivity index (χ2v) is 3.33. The van der Waals surface area contributed by atoms with Crippen LogP contribution in [0, 0.1) is 0 Å². The molecule has 0 amide bonds. The van der Waals surface area contributed by atoms with Crippen LogP contribution in [-0.2, 0) is 0 Å². The molecular formula is C8H6BrN3O. The van der Waals surface area contributed by atoms with E-state index in [4.69, 9.17) is 5.11 Å². The van der Waals surface area contributed by atoms with Crippen LogP contribution in [-0.4, -0.2) is 19.9 Å². The molecule has 0 spiro atoms. The molecule has 0 bridgehead atoms. The number of nitrogens with zero attached hydrogens (tertiary/aromatic N) is 3. The summed E-state index contributed by atoms with van der Waals surface area (Å²) >= 11 is 3.32. The van der Waals surface area contributed by atoms with Gasteiger partial charge >= 0.3 is 0 Å². The Morgan fingerprint density at radius 2 is 2.23 bits per heavy atom. The van der Waals surface area contributed by atoms with Crippen molar-refractivity contribution in [2.24, 2.45) is 0 Å². The average molecular weight is 240 g/mol. The highest BCUT2D eigenvalue weighted by Gasteiger charge is 2.02. The van der Waals surface area contributed by atoms with Gasteiger partial charge in [0.2, 0.25) is 0 Å². The maximum Gasteiger partial charge on any atom is 0.138 e. The molecule has 13 heavy (non-hydrogen) atoms. The van der Waals surface area contributed by atoms with Gasteiger partial charge in [0.25, 0.3) is 0 Å².